The monoisotopic (exact) mass is 480 g/mol. The fourth-order valence-corrected chi connectivity index (χ4v) is 6.47. The minimum atomic E-state index is -0.417. The summed E-state index contributed by atoms with van der Waals surface area (Å²) in [5.74, 6) is -0.419. The highest BCUT2D eigenvalue weighted by Crippen LogP contribution is 2.38. The van der Waals surface area contributed by atoms with Crippen molar-refractivity contribution >= 4 is 34.7 Å². The van der Waals surface area contributed by atoms with E-state index in [4.69, 9.17) is 0 Å². The molecule has 34 heavy (non-hydrogen) atoms. The number of rotatable bonds is 5. The number of amides is 3. The van der Waals surface area contributed by atoms with Crippen molar-refractivity contribution in [2.75, 3.05) is 25.0 Å². The smallest absolute Gasteiger partial charge is 0.264 e. The normalized spacial score (nSPS) is 22.1. The molecule has 3 heterocycles. The standard InChI is InChI=1S/C26H32N4O3S/c1-17(23-27-13-15-34-23)30-25(32)20-11-6-12-21(22(20)26(30)33)29-14-7-8-18(16-29)24(31)28(2)19-9-4-3-5-10-19/h6,11-13,15,17-19H,3-5,7-10,14,16H2,1-2H3/t17-,18+/m1/s1. The molecule has 2 fully saturated rings. The Bertz CT molecular complexity index is 1080. The summed E-state index contributed by atoms with van der Waals surface area (Å²) >= 11 is 1.44. The highest BCUT2D eigenvalue weighted by Gasteiger charge is 2.42. The van der Waals surface area contributed by atoms with Crippen molar-refractivity contribution in [3.63, 3.8) is 0 Å². The molecule has 0 N–H and O–H groups in total. The topological polar surface area (TPSA) is 73.8 Å². The van der Waals surface area contributed by atoms with Crippen LogP contribution in [0.5, 0.6) is 0 Å². The van der Waals surface area contributed by atoms with Gasteiger partial charge in [-0.15, -0.1) is 11.3 Å². The van der Waals surface area contributed by atoms with Gasteiger partial charge < -0.3 is 9.80 Å². The maximum absolute atomic E-state index is 13.5. The zero-order chi connectivity index (χ0) is 23.8. The third kappa shape index (κ3) is 4.02. The van der Waals surface area contributed by atoms with Gasteiger partial charge in [0.15, 0.2) is 0 Å². The second kappa shape index (κ2) is 9.49. The van der Waals surface area contributed by atoms with Gasteiger partial charge in [-0.1, -0.05) is 25.3 Å². The summed E-state index contributed by atoms with van der Waals surface area (Å²) in [5, 5.41) is 2.59. The van der Waals surface area contributed by atoms with Crippen LogP contribution in [0.3, 0.4) is 0 Å². The molecule has 0 unspecified atom stereocenters. The lowest BCUT2D eigenvalue weighted by Gasteiger charge is -2.38. The van der Waals surface area contributed by atoms with Crippen molar-refractivity contribution < 1.29 is 14.4 Å². The molecule has 2 aliphatic heterocycles. The molecule has 8 heteroatoms. The number of piperidine rings is 1. The third-order valence-corrected chi connectivity index (χ3v) is 8.65. The van der Waals surface area contributed by atoms with Gasteiger partial charge in [-0.25, -0.2) is 4.98 Å². The van der Waals surface area contributed by atoms with E-state index in [0.717, 1.165) is 42.9 Å². The summed E-state index contributed by atoms with van der Waals surface area (Å²) in [6.07, 6.45) is 9.28. The van der Waals surface area contributed by atoms with E-state index in [0.29, 0.717) is 23.7 Å². The molecule has 1 aromatic carbocycles. The van der Waals surface area contributed by atoms with Crippen LogP contribution < -0.4 is 4.90 Å². The molecule has 1 saturated carbocycles. The number of benzene rings is 1. The molecule has 5 rings (SSSR count). The van der Waals surface area contributed by atoms with Gasteiger partial charge in [0.25, 0.3) is 11.8 Å². The van der Waals surface area contributed by atoms with Crippen molar-refractivity contribution in [3.8, 4) is 0 Å². The van der Waals surface area contributed by atoms with Crippen LogP contribution in [0.1, 0.15) is 83.6 Å². The first-order chi connectivity index (χ1) is 16.5. The SMILES string of the molecule is C[C@H](c1nccs1)N1C(=O)c2cccc(N3CCC[C@H](C(=O)N(C)C4CCCCC4)C3)c2C1=O. The number of hydrogen-bond donors (Lipinski definition) is 0. The molecule has 1 saturated heterocycles. The molecule has 0 radical (unpaired) electrons. The quantitative estimate of drug-likeness (QED) is 0.589. The van der Waals surface area contributed by atoms with E-state index in [1.54, 1.807) is 12.3 Å². The Morgan fingerprint density at radius 3 is 2.65 bits per heavy atom. The van der Waals surface area contributed by atoms with Gasteiger partial charge >= 0.3 is 0 Å². The Balaban J connectivity index is 1.37. The van der Waals surface area contributed by atoms with E-state index in [1.807, 2.05) is 36.4 Å². The van der Waals surface area contributed by atoms with Crippen LogP contribution in [0.4, 0.5) is 5.69 Å². The average Bonchev–Trinajstić information content (AvgIpc) is 3.51. The summed E-state index contributed by atoms with van der Waals surface area (Å²) < 4.78 is 0. The lowest BCUT2D eigenvalue weighted by Crippen LogP contribution is -2.47. The van der Waals surface area contributed by atoms with Crippen molar-refractivity contribution in [2.24, 2.45) is 5.92 Å². The predicted molar refractivity (Wildman–Crippen MR) is 132 cm³/mol. The molecule has 3 aliphatic rings. The van der Waals surface area contributed by atoms with Crippen LogP contribution >= 0.6 is 11.3 Å². The summed E-state index contributed by atoms with van der Waals surface area (Å²) in [7, 11) is 1.96. The van der Waals surface area contributed by atoms with Crippen LogP contribution in [-0.4, -0.2) is 58.7 Å². The van der Waals surface area contributed by atoms with E-state index in [2.05, 4.69) is 9.88 Å². The maximum Gasteiger partial charge on any atom is 0.264 e. The zero-order valence-electron chi connectivity index (χ0n) is 19.9. The number of nitrogens with zero attached hydrogens (tertiary/aromatic N) is 4. The molecular formula is C26H32N4O3S. The maximum atomic E-state index is 13.5. The van der Waals surface area contributed by atoms with Gasteiger partial charge in [0, 0.05) is 37.8 Å². The number of hydrogen-bond acceptors (Lipinski definition) is 6. The molecule has 1 aromatic heterocycles. The number of anilines is 1. The fraction of sp³-hybridized carbons (Fsp3) is 0.538. The molecule has 3 amide bonds. The summed E-state index contributed by atoms with van der Waals surface area (Å²) in [4.78, 5) is 49.9. The Labute approximate surface area is 204 Å². The number of thiazole rings is 1. The van der Waals surface area contributed by atoms with Crippen LogP contribution in [0.2, 0.25) is 0 Å². The van der Waals surface area contributed by atoms with Crippen molar-refractivity contribution in [1.82, 2.24) is 14.8 Å². The first kappa shape index (κ1) is 23.0. The minimum Gasteiger partial charge on any atom is -0.370 e. The van der Waals surface area contributed by atoms with Gasteiger partial charge in [0.05, 0.1) is 28.8 Å². The van der Waals surface area contributed by atoms with Crippen molar-refractivity contribution in [2.45, 2.75) is 64.0 Å². The number of carbonyl (C=O) groups excluding carboxylic acids is 3. The highest BCUT2D eigenvalue weighted by atomic mass is 32.1. The second-order valence-corrected chi connectivity index (χ2v) is 10.7. The predicted octanol–water partition coefficient (Wildman–Crippen LogP) is 4.51. The van der Waals surface area contributed by atoms with Gasteiger partial charge in [0.1, 0.15) is 5.01 Å². The van der Waals surface area contributed by atoms with Gasteiger partial charge in [-0.2, -0.15) is 0 Å². The van der Waals surface area contributed by atoms with Crippen molar-refractivity contribution in [3.05, 3.63) is 45.9 Å². The minimum absolute atomic E-state index is 0.0888. The number of imide groups is 1. The van der Waals surface area contributed by atoms with E-state index in [9.17, 15) is 14.4 Å². The Morgan fingerprint density at radius 1 is 1.12 bits per heavy atom. The van der Waals surface area contributed by atoms with Gasteiger partial charge in [-0.05, 0) is 44.7 Å². The molecule has 2 aromatic rings. The summed E-state index contributed by atoms with van der Waals surface area (Å²) in [6, 6.07) is 5.42. The second-order valence-electron chi connectivity index (χ2n) is 9.75. The Morgan fingerprint density at radius 2 is 1.91 bits per heavy atom. The molecule has 0 spiro atoms. The summed E-state index contributed by atoms with van der Waals surface area (Å²) in [5.41, 5.74) is 1.67. The first-order valence-corrected chi connectivity index (χ1v) is 13.3. The molecule has 7 nitrogen and oxygen atoms in total. The number of aromatic nitrogens is 1. The van der Waals surface area contributed by atoms with E-state index in [-0.39, 0.29) is 23.6 Å². The lowest BCUT2D eigenvalue weighted by molar-refractivity contribution is -0.137. The number of carbonyl (C=O) groups is 3. The molecule has 2 atom stereocenters. The molecule has 0 bridgehead atoms. The van der Waals surface area contributed by atoms with Gasteiger partial charge in [0.2, 0.25) is 5.91 Å². The lowest BCUT2D eigenvalue weighted by atomic mass is 9.91. The van der Waals surface area contributed by atoms with Crippen molar-refractivity contribution in [1.29, 1.82) is 0 Å². The third-order valence-electron chi connectivity index (χ3n) is 7.70. The molecule has 1 aliphatic carbocycles. The molecular weight excluding hydrogens is 448 g/mol. The van der Waals surface area contributed by atoms with Crippen LogP contribution in [0, 0.1) is 5.92 Å². The summed E-state index contributed by atoms with van der Waals surface area (Å²) in [6.45, 7) is 3.20. The van der Waals surface area contributed by atoms with Crippen LogP contribution in [-0.2, 0) is 4.79 Å². The zero-order valence-corrected chi connectivity index (χ0v) is 20.7. The van der Waals surface area contributed by atoms with E-state index in [1.165, 1.54) is 35.5 Å². The first-order valence-electron chi connectivity index (χ1n) is 12.4. The Hall–Kier alpha value is -2.74. The Kier molecular flexibility index (Phi) is 6.42. The van der Waals surface area contributed by atoms with Crippen LogP contribution in [0.25, 0.3) is 0 Å². The largest absolute Gasteiger partial charge is 0.370 e. The van der Waals surface area contributed by atoms with E-state index >= 15 is 0 Å². The molecule has 180 valence electrons. The highest BCUT2D eigenvalue weighted by molar-refractivity contribution is 7.09. The average molecular weight is 481 g/mol. The van der Waals surface area contributed by atoms with Crippen LogP contribution in [0.15, 0.2) is 29.8 Å². The number of fused-ring (bicyclic) bond motifs is 1. The van der Waals surface area contributed by atoms with Gasteiger partial charge in [-0.3, -0.25) is 19.3 Å². The fourth-order valence-electron chi connectivity index (χ4n) is 5.79. The van der Waals surface area contributed by atoms with E-state index < -0.39 is 6.04 Å².